The first-order valence-electron chi connectivity index (χ1n) is 10.8. The van der Waals surface area contributed by atoms with Gasteiger partial charge in [-0.2, -0.15) is 0 Å². The summed E-state index contributed by atoms with van der Waals surface area (Å²) in [6, 6.07) is 18.6. The zero-order valence-electron chi connectivity index (χ0n) is 17.7. The number of nitrogens with zero attached hydrogens (tertiary/aromatic N) is 3. The van der Waals surface area contributed by atoms with E-state index in [1.165, 1.54) is 11.1 Å². The number of amides is 1. The van der Waals surface area contributed by atoms with Gasteiger partial charge in [-0.05, 0) is 24.1 Å². The van der Waals surface area contributed by atoms with Crippen LogP contribution in [0.3, 0.4) is 0 Å². The zero-order valence-corrected chi connectivity index (χ0v) is 18.5. The molecule has 1 aliphatic heterocycles. The van der Waals surface area contributed by atoms with Crippen molar-refractivity contribution in [3.63, 3.8) is 0 Å². The number of piperazine rings is 1. The van der Waals surface area contributed by atoms with Gasteiger partial charge in [-0.3, -0.25) is 9.69 Å². The summed E-state index contributed by atoms with van der Waals surface area (Å²) in [5.41, 5.74) is 5.32. The Kier molecular flexibility index (Phi) is 5.57. The fraction of sp³-hybridized carbons (Fsp3) is 0.280. The van der Waals surface area contributed by atoms with Crippen LogP contribution < -0.4 is 0 Å². The number of para-hydroxylation sites is 1. The first-order valence-corrected chi connectivity index (χ1v) is 11.7. The number of carbonyl (C=O) groups is 1. The number of benzene rings is 2. The molecule has 0 bridgehead atoms. The Morgan fingerprint density at radius 1 is 1.06 bits per heavy atom. The molecular weight excluding hydrogens is 404 g/mol. The molecule has 0 saturated carbocycles. The number of hydrogen-bond donors (Lipinski definition) is 1. The van der Waals surface area contributed by atoms with Crippen molar-refractivity contribution in [3.05, 3.63) is 76.9 Å². The summed E-state index contributed by atoms with van der Waals surface area (Å²) in [6.45, 7) is 6.21. The van der Waals surface area contributed by atoms with E-state index >= 15 is 0 Å². The molecule has 1 fully saturated rings. The number of rotatable bonds is 5. The average Bonchev–Trinajstić information content (AvgIpc) is 3.46. The summed E-state index contributed by atoms with van der Waals surface area (Å²) >= 11 is 1.70. The fourth-order valence-corrected chi connectivity index (χ4v) is 4.91. The molecule has 3 heterocycles. The van der Waals surface area contributed by atoms with Crippen LogP contribution >= 0.6 is 11.3 Å². The smallest absolute Gasteiger partial charge is 0.270 e. The van der Waals surface area contributed by atoms with Crippen LogP contribution in [0.1, 0.15) is 28.7 Å². The second kappa shape index (κ2) is 8.65. The van der Waals surface area contributed by atoms with Crippen molar-refractivity contribution in [2.24, 2.45) is 0 Å². The van der Waals surface area contributed by atoms with Gasteiger partial charge in [-0.1, -0.05) is 49.4 Å². The highest BCUT2D eigenvalue weighted by atomic mass is 32.1. The van der Waals surface area contributed by atoms with Gasteiger partial charge in [0.25, 0.3) is 5.91 Å². The first kappa shape index (κ1) is 20.0. The van der Waals surface area contributed by atoms with Gasteiger partial charge in [-0.15, -0.1) is 11.3 Å². The third-order valence-corrected chi connectivity index (χ3v) is 6.91. The van der Waals surface area contributed by atoms with E-state index in [9.17, 15) is 4.79 Å². The molecule has 0 aliphatic carbocycles. The van der Waals surface area contributed by atoms with Gasteiger partial charge in [-0.25, -0.2) is 4.98 Å². The molecule has 0 unspecified atom stereocenters. The van der Waals surface area contributed by atoms with Gasteiger partial charge in [0.2, 0.25) is 0 Å². The van der Waals surface area contributed by atoms with Crippen LogP contribution in [0.4, 0.5) is 0 Å². The Hall–Kier alpha value is -2.96. The minimum Gasteiger partial charge on any atom is -0.351 e. The van der Waals surface area contributed by atoms with E-state index in [-0.39, 0.29) is 5.91 Å². The number of H-pyrrole nitrogens is 1. The molecule has 0 spiro atoms. The SMILES string of the molecule is CCc1ccc(-c2nc(CN3CCN(C(=O)c4cc5ccccc5[nH]4)CC3)cs2)cc1. The Morgan fingerprint density at radius 2 is 1.84 bits per heavy atom. The highest BCUT2D eigenvalue weighted by molar-refractivity contribution is 7.13. The number of aromatic amines is 1. The summed E-state index contributed by atoms with van der Waals surface area (Å²) in [6.07, 6.45) is 1.05. The lowest BCUT2D eigenvalue weighted by molar-refractivity contribution is 0.0622. The third kappa shape index (κ3) is 4.27. The van der Waals surface area contributed by atoms with Crippen molar-refractivity contribution in [2.75, 3.05) is 26.2 Å². The molecule has 1 aliphatic rings. The second-order valence-electron chi connectivity index (χ2n) is 8.03. The van der Waals surface area contributed by atoms with Crippen LogP contribution in [0.15, 0.2) is 60.0 Å². The maximum Gasteiger partial charge on any atom is 0.270 e. The van der Waals surface area contributed by atoms with Crippen molar-refractivity contribution in [3.8, 4) is 10.6 Å². The molecule has 1 saturated heterocycles. The molecule has 158 valence electrons. The standard InChI is InChI=1S/C25H26N4OS/c1-2-18-7-9-19(10-8-18)24-26-21(17-31-24)16-28-11-13-29(14-12-28)25(30)23-15-20-5-3-4-6-22(20)27-23/h3-10,15,17,27H,2,11-14,16H2,1H3. The van der Waals surface area contributed by atoms with Crippen LogP contribution in [0.25, 0.3) is 21.5 Å². The summed E-state index contributed by atoms with van der Waals surface area (Å²) in [4.78, 5) is 25.3. The monoisotopic (exact) mass is 430 g/mol. The van der Waals surface area contributed by atoms with E-state index in [0.29, 0.717) is 5.69 Å². The number of thiazole rings is 1. The highest BCUT2D eigenvalue weighted by Crippen LogP contribution is 2.25. The topological polar surface area (TPSA) is 52.2 Å². The Bertz CT molecular complexity index is 1150. The molecule has 1 N–H and O–H groups in total. The number of fused-ring (bicyclic) bond motifs is 1. The van der Waals surface area contributed by atoms with Crippen LogP contribution in [0.5, 0.6) is 0 Å². The second-order valence-corrected chi connectivity index (χ2v) is 8.89. The lowest BCUT2D eigenvalue weighted by Gasteiger charge is -2.34. The van der Waals surface area contributed by atoms with E-state index in [4.69, 9.17) is 4.98 Å². The number of nitrogens with one attached hydrogen (secondary N) is 1. The lowest BCUT2D eigenvalue weighted by atomic mass is 10.1. The highest BCUT2D eigenvalue weighted by Gasteiger charge is 2.23. The van der Waals surface area contributed by atoms with Gasteiger partial charge in [0.1, 0.15) is 10.7 Å². The Balaban J connectivity index is 1.18. The van der Waals surface area contributed by atoms with Crippen molar-refractivity contribution >= 4 is 28.1 Å². The van der Waals surface area contributed by atoms with Crippen LogP contribution in [0.2, 0.25) is 0 Å². The Morgan fingerprint density at radius 3 is 2.58 bits per heavy atom. The van der Waals surface area contributed by atoms with E-state index < -0.39 is 0 Å². The molecule has 4 aromatic rings. The van der Waals surface area contributed by atoms with Gasteiger partial charge in [0.15, 0.2) is 0 Å². The molecule has 0 radical (unpaired) electrons. The van der Waals surface area contributed by atoms with Gasteiger partial charge >= 0.3 is 0 Å². The van der Waals surface area contributed by atoms with Crippen molar-refractivity contribution in [2.45, 2.75) is 19.9 Å². The summed E-state index contributed by atoms with van der Waals surface area (Å²) in [5, 5.41) is 4.31. The van der Waals surface area contributed by atoms with E-state index in [1.807, 2.05) is 35.2 Å². The van der Waals surface area contributed by atoms with E-state index in [1.54, 1.807) is 11.3 Å². The Labute approximate surface area is 186 Å². The third-order valence-electron chi connectivity index (χ3n) is 5.97. The maximum absolute atomic E-state index is 12.9. The molecular formula is C25H26N4OS. The number of hydrogen-bond acceptors (Lipinski definition) is 4. The van der Waals surface area contributed by atoms with Crippen LogP contribution in [0, 0.1) is 0 Å². The van der Waals surface area contributed by atoms with Gasteiger partial charge in [0.05, 0.1) is 5.69 Å². The minimum atomic E-state index is 0.0855. The molecule has 5 nitrogen and oxygen atoms in total. The maximum atomic E-state index is 12.9. The number of aryl methyl sites for hydroxylation is 1. The molecule has 1 amide bonds. The molecule has 5 rings (SSSR count). The van der Waals surface area contributed by atoms with Gasteiger partial charge in [0, 0.05) is 54.6 Å². The molecule has 2 aromatic heterocycles. The van der Waals surface area contributed by atoms with Gasteiger partial charge < -0.3 is 9.88 Å². The van der Waals surface area contributed by atoms with Crippen LogP contribution in [-0.4, -0.2) is 51.9 Å². The molecule has 0 atom stereocenters. The van der Waals surface area contributed by atoms with Crippen LogP contribution in [-0.2, 0) is 13.0 Å². The summed E-state index contributed by atoms with van der Waals surface area (Å²) in [7, 11) is 0. The summed E-state index contributed by atoms with van der Waals surface area (Å²) in [5.74, 6) is 0.0855. The largest absolute Gasteiger partial charge is 0.351 e. The first-order chi connectivity index (χ1) is 15.2. The van der Waals surface area contributed by atoms with E-state index in [2.05, 4.69) is 46.5 Å². The summed E-state index contributed by atoms with van der Waals surface area (Å²) < 4.78 is 0. The van der Waals surface area contributed by atoms with Crippen molar-refractivity contribution < 1.29 is 4.79 Å². The predicted molar refractivity (Wildman–Crippen MR) is 126 cm³/mol. The minimum absolute atomic E-state index is 0.0855. The zero-order chi connectivity index (χ0) is 21.2. The fourth-order valence-electron chi connectivity index (χ4n) is 4.09. The van der Waals surface area contributed by atoms with E-state index in [0.717, 1.165) is 60.7 Å². The molecule has 31 heavy (non-hydrogen) atoms. The molecule has 2 aromatic carbocycles. The number of carbonyl (C=O) groups excluding carboxylic acids is 1. The normalized spacial score (nSPS) is 14.9. The molecule has 6 heteroatoms. The predicted octanol–water partition coefficient (Wildman–Crippen LogP) is 4.81. The lowest BCUT2D eigenvalue weighted by Crippen LogP contribution is -2.48. The quantitative estimate of drug-likeness (QED) is 0.494. The van der Waals surface area contributed by atoms with Crippen molar-refractivity contribution in [1.82, 2.24) is 19.8 Å². The number of aromatic nitrogens is 2. The van der Waals surface area contributed by atoms with Crippen molar-refractivity contribution in [1.29, 1.82) is 0 Å². The average molecular weight is 431 g/mol.